The first-order valence-corrected chi connectivity index (χ1v) is 12.0. The predicted octanol–water partition coefficient (Wildman–Crippen LogP) is 3.24. The fourth-order valence-electron chi connectivity index (χ4n) is 4.63. The van der Waals surface area contributed by atoms with Crippen LogP contribution in [-0.4, -0.2) is 79.7 Å². The van der Waals surface area contributed by atoms with Gasteiger partial charge in [0.05, 0.1) is 38.5 Å². The normalized spacial score (nSPS) is 20.3. The molecule has 2 aliphatic rings. The molecule has 0 spiro atoms. The van der Waals surface area contributed by atoms with E-state index in [9.17, 15) is 14.7 Å². The van der Waals surface area contributed by atoms with Crippen molar-refractivity contribution < 1.29 is 28.9 Å². The Morgan fingerprint density at radius 2 is 1.80 bits per heavy atom. The summed E-state index contributed by atoms with van der Waals surface area (Å²) in [5.41, 5.74) is 1.24. The van der Waals surface area contributed by atoms with Gasteiger partial charge in [-0.3, -0.25) is 14.5 Å². The van der Waals surface area contributed by atoms with Crippen LogP contribution in [0, 0.1) is 0 Å². The van der Waals surface area contributed by atoms with Crippen LogP contribution in [0.25, 0.3) is 5.76 Å². The highest BCUT2D eigenvalue weighted by atomic mass is 16.5. The highest BCUT2D eigenvalue weighted by molar-refractivity contribution is 6.46. The third kappa shape index (κ3) is 5.33. The molecule has 0 bridgehead atoms. The lowest BCUT2D eigenvalue weighted by molar-refractivity contribution is -0.140. The number of ketones is 1. The number of hydrogen-bond acceptors (Lipinski definition) is 7. The van der Waals surface area contributed by atoms with Gasteiger partial charge in [-0.15, -0.1) is 0 Å². The lowest BCUT2D eigenvalue weighted by Gasteiger charge is -2.29. The zero-order chi connectivity index (χ0) is 24.8. The molecule has 0 saturated carbocycles. The fourth-order valence-corrected chi connectivity index (χ4v) is 4.63. The number of ether oxygens (including phenoxy) is 3. The van der Waals surface area contributed by atoms with Crippen molar-refractivity contribution in [1.82, 2.24) is 9.80 Å². The summed E-state index contributed by atoms with van der Waals surface area (Å²) in [6.07, 6.45) is 0.697. The Bertz CT molecular complexity index is 1080. The number of amides is 1. The summed E-state index contributed by atoms with van der Waals surface area (Å²) < 4.78 is 16.6. The number of carbonyl (C=O) groups is 2. The monoisotopic (exact) mass is 480 g/mol. The van der Waals surface area contributed by atoms with Crippen molar-refractivity contribution in [2.24, 2.45) is 0 Å². The molecule has 1 amide bonds. The van der Waals surface area contributed by atoms with Gasteiger partial charge >= 0.3 is 0 Å². The lowest BCUT2D eigenvalue weighted by atomic mass is 9.95. The van der Waals surface area contributed by atoms with Crippen molar-refractivity contribution in [3.63, 3.8) is 0 Å². The van der Waals surface area contributed by atoms with Gasteiger partial charge in [0.1, 0.15) is 5.76 Å². The summed E-state index contributed by atoms with van der Waals surface area (Å²) in [5, 5.41) is 11.2. The van der Waals surface area contributed by atoms with Crippen LogP contribution in [0.15, 0.2) is 54.1 Å². The van der Waals surface area contributed by atoms with E-state index in [1.165, 1.54) is 0 Å². The van der Waals surface area contributed by atoms with Crippen LogP contribution < -0.4 is 9.47 Å². The van der Waals surface area contributed by atoms with Crippen LogP contribution in [0.1, 0.15) is 30.5 Å². The summed E-state index contributed by atoms with van der Waals surface area (Å²) >= 11 is 0. The number of aliphatic hydroxyl groups is 1. The van der Waals surface area contributed by atoms with E-state index < -0.39 is 17.7 Å². The average molecular weight is 481 g/mol. The summed E-state index contributed by atoms with van der Waals surface area (Å²) in [7, 11) is 1.55. The summed E-state index contributed by atoms with van der Waals surface area (Å²) in [6.45, 7) is 6.65. The van der Waals surface area contributed by atoms with E-state index in [2.05, 4.69) is 4.90 Å². The van der Waals surface area contributed by atoms with E-state index in [1.54, 1.807) is 48.4 Å². The minimum Gasteiger partial charge on any atom is -0.507 e. The Balaban J connectivity index is 1.70. The number of benzene rings is 2. The number of hydrogen-bond donors (Lipinski definition) is 1. The molecule has 2 aliphatic heterocycles. The SMILES string of the molecule is CCOc1ccc([C@H]2/C(=C(\O)c3ccccc3)C(=O)C(=O)N2CCCN2CCOCC2)cc1OC. The molecule has 0 unspecified atom stereocenters. The molecule has 0 radical (unpaired) electrons. The van der Waals surface area contributed by atoms with E-state index in [0.717, 1.165) is 19.6 Å². The number of methoxy groups -OCH3 is 1. The van der Waals surface area contributed by atoms with Gasteiger partial charge in [-0.1, -0.05) is 36.4 Å². The molecule has 0 aliphatic carbocycles. The number of likely N-dealkylation sites (tertiary alicyclic amines) is 1. The topological polar surface area (TPSA) is 88.5 Å². The van der Waals surface area contributed by atoms with Gasteiger partial charge in [0.25, 0.3) is 11.7 Å². The smallest absolute Gasteiger partial charge is 0.295 e. The number of aliphatic hydroxyl groups excluding tert-OH is 1. The van der Waals surface area contributed by atoms with Crippen molar-refractivity contribution in [2.75, 3.05) is 53.1 Å². The Morgan fingerprint density at radius 3 is 2.49 bits per heavy atom. The Labute approximate surface area is 205 Å². The molecule has 2 heterocycles. The molecule has 2 aromatic rings. The standard InChI is InChI=1S/C27H32N2O6/c1-3-35-21-11-10-20(18-22(21)33-2)24-23(25(30)19-8-5-4-6-9-19)26(31)27(32)29(24)13-7-12-28-14-16-34-17-15-28/h4-6,8-11,18,24,30H,3,7,12-17H2,1-2H3/b25-23+/t24-/m0/s1. The maximum absolute atomic E-state index is 13.2. The molecule has 35 heavy (non-hydrogen) atoms. The van der Waals surface area contributed by atoms with Gasteiger partial charge < -0.3 is 24.2 Å². The van der Waals surface area contributed by atoms with Crippen LogP contribution in [-0.2, 0) is 14.3 Å². The highest BCUT2D eigenvalue weighted by Crippen LogP contribution is 2.42. The Kier molecular flexibility index (Phi) is 8.05. The number of Topliss-reactive ketones (excluding diaryl/α,β-unsaturated/α-hetero) is 1. The van der Waals surface area contributed by atoms with E-state index in [4.69, 9.17) is 14.2 Å². The first kappa shape index (κ1) is 24.8. The molecule has 1 N–H and O–H groups in total. The lowest BCUT2D eigenvalue weighted by Crippen LogP contribution is -2.39. The van der Waals surface area contributed by atoms with Gasteiger partial charge in [-0.05, 0) is 31.0 Å². The van der Waals surface area contributed by atoms with E-state index in [0.29, 0.717) is 55.4 Å². The molecule has 8 nitrogen and oxygen atoms in total. The van der Waals surface area contributed by atoms with Crippen LogP contribution in [0.5, 0.6) is 11.5 Å². The van der Waals surface area contributed by atoms with Crippen LogP contribution in [0.4, 0.5) is 0 Å². The van der Waals surface area contributed by atoms with E-state index in [1.807, 2.05) is 19.1 Å². The molecule has 2 saturated heterocycles. The molecule has 4 rings (SSSR count). The van der Waals surface area contributed by atoms with Gasteiger partial charge in [-0.25, -0.2) is 0 Å². The molecule has 2 aromatic carbocycles. The minimum absolute atomic E-state index is 0.0822. The molecule has 186 valence electrons. The van der Waals surface area contributed by atoms with Gasteiger partial charge in [0.2, 0.25) is 0 Å². The number of nitrogens with zero attached hydrogens (tertiary/aromatic N) is 2. The third-order valence-electron chi connectivity index (χ3n) is 6.37. The maximum Gasteiger partial charge on any atom is 0.295 e. The molecule has 8 heteroatoms. The Hall–Kier alpha value is -3.36. The second-order valence-corrected chi connectivity index (χ2v) is 8.51. The van der Waals surface area contributed by atoms with Crippen molar-refractivity contribution in [2.45, 2.75) is 19.4 Å². The van der Waals surface area contributed by atoms with Crippen molar-refractivity contribution in [1.29, 1.82) is 0 Å². The van der Waals surface area contributed by atoms with Crippen molar-refractivity contribution >= 4 is 17.4 Å². The largest absolute Gasteiger partial charge is 0.507 e. The number of morpholine rings is 1. The second kappa shape index (κ2) is 11.4. The van der Waals surface area contributed by atoms with Gasteiger partial charge in [-0.2, -0.15) is 0 Å². The molecule has 2 fully saturated rings. The van der Waals surface area contributed by atoms with E-state index >= 15 is 0 Å². The molecular weight excluding hydrogens is 448 g/mol. The van der Waals surface area contributed by atoms with Crippen LogP contribution in [0.3, 0.4) is 0 Å². The number of carbonyl (C=O) groups excluding carboxylic acids is 2. The van der Waals surface area contributed by atoms with Crippen molar-refractivity contribution in [3.8, 4) is 11.5 Å². The van der Waals surface area contributed by atoms with Crippen LogP contribution in [0.2, 0.25) is 0 Å². The summed E-state index contributed by atoms with van der Waals surface area (Å²) in [6, 6.07) is 13.5. The van der Waals surface area contributed by atoms with E-state index in [-0.39, 0.29) is 11.3 Å². The molecule has 1 atom stereocenters. The van der Waals surface area contributed by atoms with Crippen LogP contribution >= 0.6 is 0 Å². The minimum atomic E-state index is -0.732. The Morgan fingerprint density at radius 1 is 1.06 bits per heavy atom. The first-order chi connectivity index (χ1) is 17.0. The van der Waals surface area contributed by atoms with Gasteiger partial charge in [0.15, 0.2) is 11.5 Å². The zero-order valence-corrected chi connectivity index (χ0v) is 20.2. The third-order valence-corrected chi connectivity index (χ3v) is 6.37. The fraction of sp³-hybridized carbons (Fsp3) is 0.407. The highest BCUT2D eigenvalue weighted by Gasteiger charge is 2.46. The maximum atomic E-state index is 13.2. The molecule has 0 aromatic heterocycles. The van der Waals surface area contributed by atoms with Crippen molar-refractivity contribution in [3.05, 3.63) is 65.2 Å². The molecular formula is C27H32N2O6. The zero-order valence-electron chi connectivity index (χ0n) is 20.2. The first-order valence-electron chi connectivity index (χ1n) is 12.0. The van der Waals surface area contributed by atoms with Gasteiger partial charge in [0, 0.05) is 31.7 Å². The second-order valence-electron chi connectivity index (χ2n) is 8.51. The quantitative estimate of drug-likeness (QED) is 0.335. The average Bonchev–Trinajstić information content (AvgIpc) is 3.15. The number of rotatable bonds is 9. The predicted molar refractivity (Wildman–Crippen MR) is 131 cm³/mol. The summed E-state index contributed by atoms with van der Waals surface area (Å²) in [5.74, 6) is -0.399. The summed E-state index contributed by atoms with van der Waals surface area (Å²) in [4.78, 5) is 30.2.